The number of carbonyl (C=O) groups is 2. The van der Waals surface area contributed by atoms with Crippen molar-refractivity contribution in [3.8, 4) is 0 Å². The van der Waals surface area contributed by atoms with Gasteiger partial charge in [-0.1, -0.05) is 30.3 Å². The Morgan fingerprint density at radius 3 is 2.53 bits per heavy atom. The Kier molecular flexibility index (Phi) is 6.05. The topological polar surface area (TPSA) is 75.6 Å². The van der Waals surface area contributed by atoms with Crippen LogP contribution in [-0.2, 0) is 14.3 Å². The van der Waals surface area contributed by atoms with Crippen molar-refractivity contribution < 1.29 is 19.4 Å². The summed E-state index contributed by atoms with van der Waals surface area (Å²) < 4.78 is 4.36. The summed E-state index contributed by atoms with van der Waals surface area (Å²) in [5.74, 6) is -1.13. The summed E-state index contributed by atoms with van der Waals surface area (Å²) in [6.07, 6.45) is 3.69. The van der Waals surface area contributed by atoms with Crippen molar-refractivity contribution in [3.63, 3.8) is 0 Å². The fourth-order valence-electron chi connectivity index (χ4n) is 1.28. The zero-order valence-corrected chi connectivity index (χ0v) is 10.5. The van der Waals surface area contributed by atoms with Crippen molar-refractivity contribution in [2.45, 2.75) is 0 Å². The highest BCUT2D eigenvalue weighted by Crippen LogP contribution is 2.04. The van der Waals surface area contributed by atoms with Crippen molar-refractivity contribution in [2.24, 2.45) is 0 Å². The van der Waals surface area contributed by atoms with Crippen LogP contribution < -0.4 is 5.32 Å². The van der Waals surface area contributed by atoms with Crippen molar-refractivity contribution >= 4 is 18.0 Å². The van der Waals surface area contributed by atoms with E-state index in [0.717, 1.165) is 17.7 Å². The maximum absolute atomic E-state index is 11.5. The van der Waals surface area contributed by atoms with Crippen LogP contribution in [0.3, 0.4) is 0 Å². The number of hydrogen-bond donors (Lipinski definition) is 2. The third-order valence-electron chi connectivity index (χ3n) is 2.17. The summed E-state index contributed by atoms with van der Waals surface area (Å²) in [5.41, 5.74) is 1.19. The Labute approximate surface area is 111 Å². The van der Waals surface area contributed by atoms with Crippen molar-refractivity contribution in [1.29, 1.82) is 0 Å². The zero-order valence-electron chi connectivity index (χ0n) is 10.5. The lowest BCUT2D eigenvalue weighted by Crippen LogP contribution is -2.22. The average molecular weight is 261 g/mol. The van der Waals surface area contributed by atoms with Gasteiger partial charge in [0.2, 0.25) is 5.91 Å². The third-order valence-corrected chi connectivity index (χ3v) is 2.17. The molecule has 2 N–H and O–H groups in total. The van der Waals surface area contributed by atoms with Gasteiger partial charge in [-0.3, -0.25) is 4.79 Å². The van der Waals surface area contributed by atoms with Gasteiger partial charge < -0.3 is 15.2 Å². The lowest BCUT2D eigenvalue weighted by atomic mass is 10.2. The van der Waals surface area contributed by atoms with Crippen LogP contribution in [0, 0.1) is 0 Å². The second kappa shape index (κ2) is 7.84. The van der Waals surface area contributed by atoms with Gasteiger partial charge >= 0.3 is 5.97 Å². The number of benzene rings is 1. The molecular weight excluding hydrogens is 246 g/mol. The van der Waals surface area contributed by atoms with E-state index in [2.05, 4.69) is 10.1 Å². The number of rotatable bonds is 5. The number of hydrogen-bond acceptors (Lipinski definition) is 4. The molecule has 1 amide bonds. The Bertz CT molecular complexity index is 491. The van der Waals surface area contributed by atoms with E-state index in [1.807, 2.05) is 30.3 Å². The minimum Gasteiger partial charge on any atom is -0.466 e. The van der Waals surface area contributed by atoms with Crippen LogP contribution in [0.5, 0.6) is 0 Å². The van der Waals surface area contributed by atoms with Gasteiger partial charge in [0.15, 0.2) is 0 Å². The van der Waals surface area contributed by atoms with Crippen LogP contribution in [0.25, 0.3) is 6.08 Å². The van der Waals surface area contributed by atoms with Crippen molar-refractivity contribution in [3.05, 3.63) is 53.7 Å². The van der Waals surface area contributed by atoms with Gasteiger partial charge in [-0.15, -0.1) is 0 Å². The van der Waals surface area contributed by atoms with Crippen LogP contribution in [0.4, 0.5) is 0 Å². The predicted molar refractivity (Wildman–Crippen MR) is 70.8 cm³/mol. The predicted octanol–water partition coefficient (Wildman–Crippen LogP) is 0.865. The Hall–Kier alpha value is -2.40. The fourth-order valence-corrected chi connectivity index (χ4v) is 1.28. The van der Waals surface area contributed by atoms with Gasteiger partial charge in [0.05, 0.1) is 13.7 Å². The SMILES string of the molecule is COC(=O)C=CC(=O)NC(=Cc1ccccc1)CO. The summed E-state index contributed by atoms with van der Waals surface area (Å²) in [6.45, 7) is -0.313. The van der Waals surface area contributed by atoms with Crippen LogP contribution in [0.2, 0.25) is 0 Å². The van der Waals surface area contributed by atoms with E-state index in [-0.39, 0.29) is 6.61 Å². The summed E-state index contributed by atoms with van der Waals surface area (Å²) in [7, 11) is 1.22. The van der Waals surface area contributed by atoms with Gasteiger partial charge in [-0.05, 0) is 11.6 Å². The number of methoxy groups -OCH3 is 1. The van der Waals surface area contributed by atoms with Gasteiger partial charge in [0.1, 0.15) is 0 Å². The first-order valence-electron chi connectivity index (χ1n) is 5.59. The molecule has 19 heavy (non-hydrogen) atoms. The van der Waals surface area contributed by atoms with Crippen molar-refractivity contribution in [2.75, 3.05) is 13.7 Å². The summed E-state index contributed by atoms with van der Waals surface area (Å²) >= 11 is 0. The number of amides is 1. The highest BCUT2D eigenvalue weighted by Gasteiger charge is 2.01. The first-order valence-corrected chi connectivity index (χ1v) is 5.59. The van der Waals surface area contributed by atoms with E-state index in [0.29, 0.717) is 5.70 Å². The number of esters is 1. The Balaban J connectivity index is 2.67. The lowest BCUT2D eigenvalue weighted by molar-refractivity contribution is -0.135. The maximum atomic E-state index is 11.5. The summed E-state index contributed by atoms with van der Waals surface area (Å²) in [5, 5.41) is 11.6. The first kappa shape index (κ1) is 14.7. The fraction of sp³-hybridized carbons (Fsp3) is 0.143. The average Bonchev–Trinajstić information content (AvgIpc) is 2.45. The van der Waals surface area contributed by atoms with E-state index >= 15 is 0 Å². The second-order valence-electron chi connectivity index (χ2n) is 3.58. The summed E-state index contributed by atoms with van der Waals surface area (Å²) in [4.78, 5) is 22.3. The molecule has 0 aliphatic heterocycles. The number of aliphatic hydroxyl groups excluding tert-OH is 1. The van der Waals surface area contributed by atoms with Crippen LogP contribution >= 0.6 is 0 Å². The van der Waals surface area contributed by atoms with Gasteiger partial charge in [0, 0.05) is 17.8 Å². The molecule has 0 aliphatic rings. The van der Waals surface area contributed by atoms with E-state index in [9.17, 15) is 9.59 Å². The van der Waals surface area contributed by atoms with Crippen molar-refractivity contribution in [1.82, 2.24) is 5.32 Å². The van der Waals surface area contributed by atoms with Crippen LogP contribution in [0.1, 0.15) is 5.56 Å². The number of carbonyl (C=O) groups excluding carboxylic acids is 2. The molecule has 0 aromatic heterocycles. The first-order chi connectivity index (χ1) is 9.15. The van der Waals surface area contributed by atoms with Crippen LogP contribution in [-0.4, -0.2) is 30.7 Å². The molecule has 0 atom stereocenters. The standard InChI is InChI=1S/C14H15NO4/c1-19-14(18)8-7-13(17)15-12(10-16)9-11-5-3-2-4-6-11/h2-9,16H,10H2,1H3,(H,15,17). The molecule has 0 radical (unpaired) electrons. The molecule has 5 heteroatoms. The molecule has 5 nitrogen and oxygen atoms in total. The molecule has 100 valence electrons. The minimum atomic E-state index is -0.618. The monoisotopic (exact) mass is 261 g/mol. The molecule has 0 bridgehead atoms. The molecular formula is C14H15NO4. The zero-order chi connectivity index (χ0) is 14.1. The lowest BCUT2D eigenvalue weighted by Gasteiger charge is -2.04. The Morgan fingerprint density at radius 2 is 1.95 bits per heavy atom. The molecule has 0 fully saturated rings. The second-order valence-corrected chi connectivity index (χ2v) is 3.58. The van der Waals surface area contributed by atoms with Gasteiger partial charge in [0.25, 0.3) is 0 Å². The van der Waals surface area contributed by atoms with E-state index < -0.39 is 11.9 Å². The largest absolute Gasteiger partial charge is 0.466 e. The van der Waals surface area contributed by atoms with Crippen LogP contribution in [0.15, 0.2) is 48.2 Å². The number of ether oxygens (including phenoxy) is 1. The molecule has 0 aliphatic carbocycles. The van der Waals surface area contributed by atoms with E-state index in [1.165, 1.54) is 7.11 Å². The molecule has 0 unspecified atom stereocenters. The minimum absolute atomic E-state index is 0.313. The van der Waals surface area contributed by atoms with E-state index in [4.69, 9.17) is 5.11 Å². The molecule has 0 heterocycles. The molecule has 1 aromatic carbocycles. The molecule has 0 saturated carbocycles. The highest BCUT2D eigenvalue weighted by molar-refractivity contribution is 5.95. The summed E-state index contributed by atoms with van der Waals surface area (Å²) in [6, 6.07) is 9.24. The maximum Gasteiger partial charge on any atom is 0.330 e. The smallest absolute Gasteiger partial charge is 0.330 e. The third kappa shape index (κ3) is 5.65. The molecule has 0 saturated heterocycles. The number of nitrogens with one attached hydrogen (secondary N) is 1. The quantitative estimate of drug-likeness (QED) is 0.609. The van der Waals surface area contributed by atoms with E-state index in [1.54, 1.807) is 6.08 Å². The number of aliphatic hydroxyl groups is 1. The Morgan fingerprint density at radius 1 is 1.26 bits per heavy atom. The highest BCUT2D eigenvalue weighted by atomic mass is 16.5. The van der Waals surface area contributed by atoms with Gasteiger partial charge in [-0.25, -0.2) is 4.79 Å². The van der Waals surface area contributed by atoms with Gasteiger partial charge in [-0.2, -0.15) is 0 Å². The molecule has 1 rings (SSSR count). The normalized spacial score (nSPS) is 11.4. The molecule has 0 spiro atoms. The molecule has 1 aromatic rings.